The average Bonchev–Trinajstić information content (AvgIpc) is 2.65. The number of carbonyl (C=O) groups is 2. The van der Waals surface area contributed by atoms with Crippen molar-refractivity contribution in [3.63, 3.8) is 0 Å². The summed E-state index contributed by atoms with van der Waals surface area (Å²) in [6.45, 7) is 0.145. The molecule has 0 heterocycles. The summed E-state index contributed by atoms with van der Waals surface area (Å²) in [7, 11) is -0.949. The molecule has 1 saturated carbocycles. The fourth-order valence-electron chi connectivity index (χ4n) is 3.18. The molecule has 0 bridgehead atoms. The van der Waals surface area contributed by atoms with Crippen LogP contribution in [-0.2, 0) is 21.4 Å². The summed E-state index contributed by atoms with van der Waals surface area (Å²) in [5.74, 6) is 0.202. The number of rotatable bonds is 6. The molecule has 0 radical (unpaired) electrons. The van der Waals surface area contributed by atoms with Gasteiger partial charge in [-0.25, -0.2) is 18.4 Å². The van der Waals surface area contributed by atoms with Gasteiger partial charge in [0, 0.05) is 25.6 Å². The zero-order chi connectivity index (χ0) is 20.0. The van der Waals surface area contributed by atoms with Gasteiger partial charge in [-0.05, 0) is 43.4 Å². The summed E-state index contributed by atoms with van der Waals surface area (Å²) in [5.41, 5.74) is 0.582. The van der Waals surface area contributed by atoms with Crippen LogP contribution in [0.1, 0.15) is 31.2 Å². The first-order valence-corrected chi connectivity index (χ1v) is 10.2. The molecular formula is C17H26N4O5S. The van der Waals surface area contributed by atoms with Crippen LogP contribution < -0.4 is 25.8 Å². The van der Waals surface area contributed by atoms with Crippen molar-refractivity contribution in [3.8, 4) is 5.75 Å². The van der Waals surface area contributed by atoms with E-state index in [1.165, 1.54) is 19.2 Å². The van der Waals surface area contributed by atoms with Gasteiger partial charge in [0.15, 0.2) is 0 Å². The van der Waals surface area contributed by atoms with Crippen LogP contribution in [0.4, 0.5) is 4.79 Å². The fourth-order valence-corrected chi connectivity index (χ4v) is 3.92. The van der Waals surface area contributed by atoms with Crippen molar-refractivity contribution in [3.05, 3.63) is 23.8 Å². The van der Waals surface area contributed by atoms with Gasteiger partial charge in [0.1, 0.15) is 10.6 Å². The number of nitrogens with one attached hydrogen (secondary N) is 3. The first-order valence-electron chi connectivity index (χ1n) is 8.70. The number of amides is 3. The van der Waals surface area contributed by atoms with Crippen molar-refractivity contribution in [2.75, 3.05) is 14.2 Å². The van der Waals surface area contributed by atoms with Crippen LogP contribution in [0.3, 0.4) is 0 Å². The van der Waals surface area contributed by atoms with E-state index in [-0.39, 0.29) is 41.1 Å². The lowest BCUT2D eigenvalue weighted by Gasteiger charge is -2.28. The van der Waals surface area contributed by atoms with Gasteiger partial charge in [0.05, 0.1) is 7.11 Å². The third kappa shape index (κ3) is 5.83. The molecule has 150 valence electrons. The molecule has 0 aromatic heterocycles. The molecule has 0 spiro atoms. The Hall–Kier alpha value is -2.33. The molecule has 1 aliphatic rings. The van der Waals surface area contributed by atoms with E-state index in [9.17, 15) is 18.0 Å². The van der Waals surface area contributed by atoms with Gasteiger partial charge in [0.25, 0.3) is 0 Å². The summed E-state index contributed by atoms with van der Waals surface area (Å²) in [5, 5.41) is 13.4. The van der Waals surface area contributed by atoms with E-state index < -0.39 is 10.0 Å². The summed E-state index contributed by atoms with van der Waals surface area (Å²) < 4.78 is 28.3. The Balaban J connectivity index is 1.87. The van der Waals surface area contributed by atoms with Crippen molar-refractivity contribution in [1.82, 2.24) is 16.0 Å². The predicted molar refractivity (Wildman–Crippen MR) is 99.6 cm³/mol. The molecule has 27 heavy (non-hydrogen) atoms. The molecule has 1 fully saturated rings. The number of nitrogens with two attached hydrogens (primary N) is 1. The number of hydrogen-bond donors (Lipinski definition) is 4. The second kappa shape index (κ2) is 9.05. The van der Waals surface area contributed by atoms with Gasteiger partial charge in [-0.1, -0.05) is 6.07 Å². The number of carbonyl (C=O) groups excluding carboxylic acids is 2. The first kappa shape index (κ1) is 21.0. The largest absolute Gasteiger partial charge is 0.495 e. The van der Waals surface area contributed by atoms with Crippen LogP contribution in [0.25, 0.3) is 0 Å². The molecule has 10 heteroatoms. The van der Waals surface area contributed by atoms with Crippen molar-refractivity contribution in [1.29, 1.82) is 0 Å². The molecule has 0 atom stereocenters. The normalized spacial score (nSPS) is 19.8. The topological polar surface area (TPSA) is 140 Å². The standard InChI is InChI=1S/C17H26N4O5S/c1-19-16(22)12-4-6-13(7-5-12)21-17(23)20-10-11-3-8-14(26-2)15(9-11)27(18,24)25/h3,8-9,12-13H,4-7,10H2,1-2H3,(H,19,22)(H2,18,24,25)(H2,20,21,23). The molecule has 0 saturated heterocycles. The Bertz CT molecular complexity index is 789. The third-order valence-corrected chi connectivity index (χ3v) is 5.60. The minimum Gasteiger partial charge on any atom is -0.495 e. The number of benzene rings is 1. The van der Waals surface area contributed by atoms with E-state index in [0.717, 1.165) is 25.7 Å². The summed E-state index contributed by atoms with van der Waals surface area (Å²) in [6.07, 6.45) is 2.95. The highest BCUT2D eigenvalue weighted by Crippen LogP contribution is 2.25. The van der Waals surface area contributed by atoms with Crippen LogP contribution in [0.15, 0.2) is 23.1 Å². The SMILES string of the molecule is CNC(=O)C1CCC(NC(=O)NCc2ccc(OC)c(S(N)(=O)=O)c2)CC1. The molecule has 1 aliphatic carbocycles. The molecule has 5 N–H and O–H groups in total. The maximum atomic E-state index is 12.1. The van der Waals surface area contributed by atoms with E-state index in [1.807, 2.05) is 0 Å². The zero-order valence-electron chi connectivity index (χ0n) is 15.4. The highest BCUT2D eigenvalue weighted by atomic mass is 32.2. The van der Waals surface area contributed by atoms with E-state index in [4.69, 9.17) is 9.88 Å². The van der Waals surface area contributed by atoms with Crippen LogP contribution in [0.2, 0.25) is 0 Å². The van der Waals surface area contributed by atoms with Gasteiger partial charge in [0.2, 0.25) is 15.9 Å². The number of sulfonamides is 1. The number of hydrogen-bond acceptors (Lipinski definition) is 5. The Morgan fingerprint density at radius 3 is 2.44 bits per heavy atom. The lowest BCUT2D eigenvalue weighted by molar-refractivity contribution is -0.125. The second-order valence-electron chi connectivity index (χ2n) is 6.52. The van der Waals surface area contributed by atoms with E-state index in [0.29, 0.717) is 5.56 Å². The predicted octanol–water partition coefficient (Wildman–Crippen LogP) is 0.447. The molecule has 3 amide bonds. The lowest BCUT2D eigenvalue weighted by atomic mass is 9.85. The first-order chi connectivity index (χ1) is 12.7. The number of urea groups is 1. The molecule has 0 unspecified atom stereocenters. The van der Waals surface area contributed by atoms with E-state index in [2.05, 4.69) is 16.0 Å². The van der Waals surface area contributed by atoms with Crippen LogP contribution >= 0.6 is 0 Å². The minimum absolute atomic E-state index is 0.00652. The van der Waals surface area contributed by atoms with E-state index in [1.54, 1.807) is 13.1 Å². The zero-order valence-corrected chi connectivity index (χ0v) is 16.3. The second-order valence-corrected chi connectivity index (χ2v) is 8.05. The number of primary sulfonamides is 1. The van der Waals surface area contributed by atoms with Gasteiger partial charge in [-0.3, -0.25) is 4.79 Å². The van der Waals surface area contributed by atoms with Crippen molar-refractivity contribution in [2.24, 2.45) is 11.1 Å². The minimum atomic E-state index is -3.93. The van der Waals surface area contributed by atoms with Crippen LogP contribution in [0.5, 0.6) is 5.75 Å². The Kier molecular flexibility index (Phi) is 7.03. The summed E-state index contributed by atoms with van der Waals surface area (Å²) in [6, 6.07) is 4.20. The van der Waals surface area contributed by atoms with Crippen LogP contribution in [0, 0.1) is 5.92 Å². The molecule has 9 nitrogen and oxygen atoms in total. The molecule has 1 aromatic carbocycles. The highest BCUT2D eigenvalue weighted by molar-refractivity contribution is 7.89. The van der Waals surface area contributed by atoms with Crippen molar-refractivity contribution >= 4 is 22.0 Å². The Labute approximate surface area is 159 Å². The van der Waals surface area contributed by atoms with E-state index >= 15 is 0 Å². The molecular weight excluding hydrogens is 372 g/mol. The third-order valence-electron chi connectivity index (χ3n) is 4.67. The van der Waals surface area contributed by atoms with Crippen molar-refractivity contribution in [2.45, 2.75) is 43.2 Å². The van der Waals surface area contributed by atoms with Gasteiger partial charge >= 0.3 is 6.03 Å². The maximum absolute atomic E-state index is 12.1. The van der Waals surface area contributed by atoms with Gasteiger partial charge < -0.3 is 20.7 Å². The number of ether oxygens (including phenoxy) is 1. The summed E-state index contributed by atoms with van der Waals surface area (Å²) >= 11 is 0. The molecule has 2 rings (SSSR count). The monoisotopic (exact) mass is 398 g/mol. The number of methoxy groups -OCH3 is 1. The van der Waals surface area contributed by atoms with Crippen molar-refractivity contribution < 1.29 is 22.7 Å². The summed E-state index contributed by atoms with van der Waals surface area (Å²) in [4.78, 5) is 23.6. The Morgan fingerprint density at radius 1 is 1.22 bits per heavy atom. The maximum Gasteiger partial charge on any atom is 0.315 e. The molecule has 0 aliphatic heterocycles. The van der Waals surface area contributed by atoms with Crippen LogP contribution in [-0.4, -0.2) is 40.6 Å². The highest BCUT2D eigenvalue weighted by Gasteiger charge is 2.26. The van der Waals surface area contributed by atoms with Gasteiger partial charge in [-0.2, -0.15) is 0 Å². The fraction of sp³-hybridized carbons (Fsp3) is 0.529. The molecule has 1 aromatic rings. The smallest absolute Gasteiger partial charge is 0.315 e. The Morgan fingerprint density at radius 2 is 1.89 bits per heavy atom. The lowest BCUT2D eigenvalue weighted by Crippen LogP contribution is -2.44. The van der Waals surface area contributed by atoms with Gasteiger partial charge in [-0.15, -0.1) is 0 Å². The quantitative estimate of drug-likeness (QED) is 0.551. The average molecular weight is 398 g/mol.